The van der Waals surface area contributed by atoms with Crippen LogP contribution in [0.1, 0.15) is 28.8 Å². The fraction of sp³-hybridized carbons (Fsp3) is 0.192. The third-order valence-corrected chi connectivity index (χ3v) is 5.29. The van der Waals surface area contributed by atoms with Crippen molar-refractivity contribution in [2.24, 2.45) is 5.73 Å². The molecule has 206 valence electrons. The Bertz CT molecular complexity index is 1190. The number of aliphatic hydroxyl groups is 3. The second kappa shape index (κ2) is 18.0. The molecule has 0 saturated heterocycles. The number of carbonyl (C=O) groups excluding carboxylic acids is 2. The summed E-state index contributed by atoms with van der Waals surface area (Å²) < 4.78 is 24.3. The van der Waals surface area contributed by atoms with Gasteiger partial charge in [0, 0.05) is 22.6 Å². The molecule has 5 N–H and O–H groups in total. The Morgan fingerprint density at radius 2 is 1.82 bits per heavy atom. The number of hydrogen-bond donors (Lipinski definition) is 4. The number of halogens is 4. The van der Waals surface area contributed by atoms with Crippen molar-refractivity contribution in [3.63, 3.8) is 0 Å². The van der Waals surface area contributed by atoms with Crippen LogP contribution in [0.25, 0.3) is 11.1 Å². The molecule has 0 unspecified atom stereocenters. The second-order valence-electron chi connectivity index (χ2n) is 7.51. The van der Waals surface area contributed by atoms with Gasteiger partial charge in [-0.3, -0.25) is 19.0 Å². The number of anilines is 1. The third-order valence-electron chi connectivity index (χ3n) is 4.67. The maximum absolute atomic E-state index is 12.6. The average Bonchev–Trinajstić information content (AvgIpc) is 2.87. The number of pyridine rings is 1. The van der Waals surface area contributed by atoms with E-state index in [1.165, 1.54) is 36.5 Å². The van der Waals surface area contributed by atoms with E-state index in [0.717, 1.165) is 0 Å². The number of amides is 2. The van der Waals surface area contributed by atoms with Gasteiger partial charge in [0.25, 0.3) is 0 Å². The van der Waals surface area contributed by atoms with Crippen LogP contribution in [0.3, 0.4) is 0 Å². The molecule has 2 amide bonds. The molecule has 0 aliphatic rings. The van der Waals surface area contributed by atoms with Crippen LogP contribution in [0.2, 0.25) is 10.0 Å². The van der Waals surface area contributed by atoms with Crippen molar-refractivity contribution in [3.05, 3.63) is 95.6 Å². The smallest absolute Gasteiger partial charge is 0.366 e. The first-order valence-electron chi connectivity index (χ1n) is 10.8. The van der Waals surface area contributed by atoms with Crippen molar-refractivity contribution in [1.82, 2.24) is 4.98 Å². The Morgan fingerprint density at radius 1 is 1.21 bits per heavy atom. The average molecular weight is 609 g/mol. The zero-order valence-electron chi connectivity index (χ0n) is 21.2. The minimum absolute atomic E-state index is 0. The van der Waals surface area contributed by atoms with Gasteiger partial charge in [0.2, 0.25) is 12.3 Å². The van der Waals surface area contributed by atoms with Gasteiger partial charge in [0.15, 0.2) is 0 Å². The van der Waals surface area contributed by atoms with E-state index >= 15 is 0 Å². The number of nitrogens with zero attached hydrogens (tertiary/aromatic N) is 2. The Hall–Kier alpha value is -1.51. The first kappa shape index (κ1) is 37.5. The van der Waals surface area contributed by atoms with Crippen molar-refractivity contribution in [1.29, 1.82) is 0 Å². The van der Waals surface area contributed by atoms with Crippen LogP contribution in [-0.4, -0.2) is 44.9 Å². The summed E-state index contributed by atoms with van der Waals surface area (Å²) in [6, 6.07) is 13.2. The van der Waals surface area contributed by atoms with Crippen LogP contribution in [-0.2, 0) is 4.79 Å². The van der Waals surface area contributed by atoms with Gasteiger partial charge < -0.3 is 34.9 Å². The van der Waals surface area contributed by atoms with Gasteiger partial charge in [-0.1, -0.05) is 47.0 Å². The molecule has 0 atom stereocenters. The molecular weight excluding hydrogens is 582 g/mol. The number of benzene rings is 2. The maximum Gasteiger partial charge on any atom is 1.00 e. The molecular formula is C26H26Cl2F2KN3O5-2. The van der Waals surface area contributed by atoms with Gasteiger partial charge in [0.05, 0.1) is 5.02 Å². The van der Waals surface area contributed by atoms with Gasteiger partial charge >= 0.3 is 57.5 Å². The first-order valence-corrected chi connectivity index (χ1v) is 11.5. The van der Waals surface area contributed by atoms with Gasteiger partial charge in [-0.2, -0.15) is 12.8 Å². The van der Waals surface area contributed by atoms with E-state index in [0.29, 0.717) is 34.6 Å². The van der Waals surface area contributed by atoms with E-state index in [-0.39, 0.29) is 84.9 Å². The Morgan fingerprint density at radius 3 is 2.21 bits per heavy atom. The number of carbonyl (C=O) groups is 2. The minimum atomic E-state index is -3.41. The molecule has 2 aromatic carbocycles. The standard InChI is InChI=1S/C14H11ClN3O5.C7H6ClF.C5H9F.K/c15-11-3-1-8(13(16)20)5-10(11)9-2-4-12(17-6-9)18(7-19)14(21,22)23;1-5-3-2-4-6(8)7(5)9;1-3-5(6)4-2;/h1-3,5-7,21-23H,(H2,16,20);2-4H,1H3;5H,1-4H2;/q-1;;-2;+1. The Kier molecular flexibility index (Phi) is 17.3. The van der Waals surface area contributed by atoms with Gasteiger partial charge in [-0.25, -0.2) is 21.4 Å². The third kappa shape index (κ3) is 12.3. The van der Waals surface area contributed by atoms with E-state index in [1.807, 2.05) is 0 Å². The fourth-order valence-corrected chi connectivity index (χ4v) is 2.99. The second-order valence-corrected chi connectivity index (χ2v) is 8.32. The van der Waals surface area contributed by atoms with Crippen LogP contribution < -0.4 is 62.0 Å². The molecule has 8 nitrogen and oxygen atoms in total. The van der Waals surface area contributed by atoms with E-state index in [1.54, 1.807) is 19.1 Å². The molecule has 0 saturated carbocycles. The SMILES string of the molecule is Cc1cccc(Cl)c1F.NC(=O)c1ccc(Cl)c(-c2c[c-]c(N(C=O)C(O)(O)O)nc2)c1.[CH2-]CC(F)C[CH2-].[K+]. The normalized spacial score (nSPS) is 10.3. The number of primary amides is 1. The van der Waals surface area contributed by atoms with Crippen molar-refractivity contribution in [3.8, 4) is 11.1 Å². The Balaban J connectivity index is 0.000000742. The van der Waals surface area contributed by atoms with E-state index in [4.69, 9.17) is 44.3 Å². The first-order chi connectivity index (χ1) is 17.8. The minimum Gasteiger partial charge on any atom is -0.366 e. The topological polar surface area (TPSA) is 137 Å². The molecule has 1 heterocycles. The molecule has 0 aliphatic carbocycles. The van der Waals surface area contributed by atoms with E-state index < -0.39 is 18.2 Å². The van der Waals surface area contributed by atoms with Crippen LogP contribution in [0.4, 0.5) is 14.6 Å². The number of nitrogens with two attached hydrogens (primary N) is 1. The molecule has 0 aliphatic heterocycles. The molecule has 3 aromatic rings. The summed E-state index contributed by atoms with van der Waals surface area (Å²) in [6.45, 7) is 8.36. The number of rotatable bonds is 7. The maximum atomic E-state index is 12.6. The summed E-state index contributed by atoms with van der Waals surface area (Å²) in [5, 5.41) is 27.6. The van der Waals surface area contributed by atoms with Crippen molar-refractivity contribution < 1.29 is 85.1 Å². The predicted octanol–water partition coefficient (Wildman–Crippen LogP) is 1.42. The van der Waals surface area contributed by atoms with Crippen molar-refractivity contribution in [2.75, 3.05) is 4.90 Å². The summed E-state index contributed by atoms with van der Waals surface area (Å²) in [5.74, 6) is -1.29. The van der Waals surface area contributed by atoms with Crippen LogP contribution in [0, 0.1) is 32.7 Å². The monoisotopic (exact) mass is 607 g/mol. The number of aryl methyl sites for hydroxylation is 1. The molecule has 0 radical (unpaired) electrons. The van der Waals surface area contributed by atoms with Crippen LogP contribution in [0.5, 0.6) is 0 Å². The quantitative estimate of drug-likeness (QED) is 0.139. The largest absolute Gasteiger partial charge is 1.00 e. The number of aromatic nitrogens is 1. The molecule has 13 heteroatoms. The zero-order chi connectivity index (χ0) is 29.0. The predicted molar refractivity (Wildman–Crippen MR) is 141 cm³/mol. The molecule has 0 fully saturated rings. The Labute approximate surface area is 278 Å². The number of hydrogen-bond acceptors (Lipinski definition) is 6. The van der Waals surface area contributed by atoms with Gasteiger partial charge in [0.1, 0.15) is 5.82 Å². The molecule has 0 spiro atoms. The van der Waals surface area contributed by atoms with Crippen LogP contribution >= 0.6 is 23.2 Å². The van der Waals surface area contributed by atoms with Gasteiger partial charge in [-0.05, 0) is 36.9 Å². The summed E-state index contributed by atoms with van der Waals surface area (Å²) >= 11 is 11.5. The van der Waals surface area contributed by atoms with Crippen molar-refractivity contribution in [2.45, 2.75) is 32.0 Å². The molecule has 1 aromatic heterocycles. The van der Waals surface area contributed by atoms with E-state index in [2.05, 4.69) is 24.9 Å². The molecule has 3 rings (SSSR count). The zero-order valence-corrected chi connectivity index (χ0v) is 25.9. The summed E-state index contributed by atoms with van der Waals surface area (Å²) in [4.78, 5) is 26.0. The fourth-order valence-electron chi connectivity index (χ4n) is 2.54. The van der Waals surface area contributed by atoms with E-state index in [9.17, 15) is 18.4 Å². The van der Waals surface area contributed by atoms with Crippen LogP contribution in [0.15, 0.2) is 48.7 Å². The van der Waals surface area contributed by atoms with Gasteiger partial charge in [-0.15, -0.1) is 5.56 Å². The summed E-state index contributed by atoms with van der Waals surface area (Å²) in [7, 11) is 0. The molecule has 39 heavy (non-hydrogen) atoms. The summed E-state index contributed by atoms with van der Waals surface area (Å²) in [5.41, 5.74) is 6.91. The summed E-state index contributed by atoms with van der Waals surface area (Å²) in [6.07, 6.45) is -2.27. The molecule has 0 bridgehead atoms. The van der Waals surface area contributed by atoms with Crippen molar-refractivity contribution >= 4 is 41.3 Å². The number of alkyl halides is 1.